The number of ether oxygens (including phenoxy) is 1. The van der Waals surface area contributed by atoms with Crippen LogP contribution in [0.2, 0.25) is 5.02 Å². The maximum absolute atomic E-state index is 13.3. The fourth-order valence-electron chi connectivity index (χ4n) is 3.49. The molecule has 2 amide bonds. The Labute approximate surface area is 190 Å². The van der Waals surface area contributed by atoms with E-state index in [1.165, 1.54) is 0 Å². The van der Waals surface area contributed by atoms with Crippen LogP contribution >= 0.6 is 11.6 Å². The van der Waals surface area contributed by atoms with Crippen molar-refractivity contribution < 1.29 is 14.3 Å². The number of carbonyl (C=O) groups is 2. The zero-order valence-electron chi connectivity index (χ0n) is 19.3. The maximum Gasteiger partial charge on any atom is 0.261 e. The van der Waals surface area contributed by atoms with Crippen LogP contribution in [0, 0.1) is 20.8 Å². The number of rotatable bonds is 9. The molecule has 6 heteroatoms. The molecule has 0 aromatic heterocycles. The van der Waals surface area contributed by atoms with Crippen molar-refractivity contribution in [1.29, 1.82) is 0 Å². The Balaban J connectivity index is 2.26. The van der Waals surface area contributed by atoms with Gasteiger partial charge in [-0.25, -0.2) is 0 Å². The molecule has 0 unspecified atom stereocenters. The molecule has 2 aromatic rings. The van der Waals surface area contributed by atoms with Crippen LogP contribution in [0.15, 0.2) is 36.4 Å². The lowest BCUT2D eigenvalue weighted by Crippen LogP contribution is -2.51. The van der Waals surface area contributed by atoms with E-state index in [1.807, 2.05) is 77.9 Å². The molecule has 2 rings (SSSR count). The van der Waals surface area contributed by atoms with E-state index in [0.29, 0.717) is 23.7 Å². The van der Waals surface area contributed by atoms with Gasteiger partial charge in [0.25, 0.3) is 5.91 Å². The predicted molar refractivity (Wildman–Crippen MR) is 126 cm³/mol. The summed E-state index contributed by atoms with van der Waals surface area (Å²) in [4.78, 5) is 27.7. The molecular formula is C25H33ClN2O3. The highest BCUT2D eigenvalue weighted by molar-refractivity contribution is 6.32. The van der Waals surface area contributed by atoms with Gasteiger partial charge in [0.2, 0.25) is 5.91 Å². The molecular weight excluding hydrogens is 412 g/mol. The first-order valence-corrected chi connectivity index (χ1v) is 11.1. The van der Waals surface area contributed by atoms with E-state index >= 15 is 0 Å². The Kier molecular flexibility index (Phi) is 8.93. The number of nitrogens with zero attached hydrogens (tertiary/aromatic N) is 1. The summed E-state index contributed by atoms with van der Waals surface area (Å²) in [6, 6.07) is 10.9. The number of nitrogens with one attached hydrogen (secondary N) is 1. The van der Waals surface area contributed by atoms with Crippen molar-refractivity contribution in [2.75, 3.05) is 6.61 Å². The summed E-state index contributed by atoms with van der Waals surface area (Å²) in [5.41, 5.74) is 3.86. The van der Waals surface area contributed by atoms with Crippen molar-refractivity contribution in [2.24, 2.45) is 0 Å². The van der Waals surface area contributed by atoms with Gasteiger partial charge in [-0.1, -0.05) is 42.8 Å². The Morgan fingerprint density at radius 2 is 1.68 bits per heavy atom. The van der Waals surface area contributed by atoms with Crippen LogP contribution in [-0.4, -0.2) is 35.4 Å². The lowest BCUT2D eigenvalue weighted by molar-refractivity contribution is -0.143. The van der Waals surface area contributed by atoms with Crippen LogP contribution < -0.4 is 10.1 Å². The molecule has 0 bridgehead atoms. The van der Waals surface area contributed by atoms with Crippen molar-refractivity contribution in [2.45, 2.75) is 66.6 Å². The van der Waals surface area contributed by atoms with Crippen molar-refractivity contribution in [3.8, 4) is 5.75 Å². The van der Waals surface area contributed by atoms with Crippen molar-refractivity contribution in [1.82, 2.24) is 10.2 Å². The molecule has 0 spiro atoms. The van der Waals surface area contributed by atoms with Gasteiger partial charge in [0, 0.05) is 17.6 Å². The minimum absolute atomic E-state index is 0.00627. The highest BCUT2D eigenvalue weighted by Gasteiger charge is 2.29. The van der Waals surface area contributed by atoms with Crippen LogP contribution in [-0.2, 0) is 16.1 Å². The Morgan fingerprint density at radius 3 is 2.23 bits per heavy atom. The Bertz CT molecular complexity index is 904. The summed E-state index contributed by atoms with van der Waals surface area (Å²) in [6.45, 7) is 11.7. The third kappa shape index (κ3) is 6.73. The summed E-state index contributed by atoms with van der Waals surface area (Å²) in [5.74, 6) is 0.195. The van der Waals surface area contributed by atoms with E-state index in [0.717, 1.165) is 22.3 Å². The van der Waals surface area contributed by atoms with Crippen LogP contribution in [0.5, 0.6) is 5.75 Å². The molecule has 31 heavy (non-hydrogen) atoms. The Hall–Kier alpha value is -2.53. The van der Waals surface area contributed by atoms with Gasteiger partial charge in [0.1, 0.15) is 11.8 Å². The quantitative estimate of drug-likeness (QED) is 0.593. The maximum atomic E-state index is 13.3. The van der Waals surface area contributed by atoms with Crippen molar-refractivity contribution in [3.63, 3.8) is 0 Å². The standard InChI is InChI=1S/C25H33ClN2O3/c1-7-22(25(30)27-16(2)3)28(14-20-11-9-8-10-17(20)4)23(29)15-31-21-12-18(5)24(26)19(6)13-21/h8-13,16,22H,7,14-15H2,1-6H3,(H,27,30)/t22-/m1/s1. The van der Waals surface area contributed by atoms with Gasteiger partial charge in [-0.15, -0.1) is 0 Å². The fraction of sp³-hybridized carbons (Fsp3) is 0.440. The highest BCUT2D eigenvalue weighted by Crippen LogP contribution is 2.26. The topological polar surface area (TPSA) is 58.6 Å². The zero-order valence-corrected chi connectivity index (χ0v) is 20.0. The molecule has 0 radical (unpaired) electrons. The second-order valence-electron chi connectivity index (χ2n) is 8.20. The average molecular weight is 445 g/mol. The first-order valence-electron chi connectivity index (χ1n) is 10.7. The summed E-state index contributed by atoms with van der Waals surface area (Å²) in [7, 11) is 0. The van der Waals surface area contributed by atoms with Gasteiger partial charge >= 0.3 is 0 Å². The summed E-state index contributed by atoms with van der Waals surface area (Å²) in [5, 5.41) is 3.63. The second kappa shape index (κ2) is 11.2. The molecule has 0 saturated carbocycles. The first kappa shape index (κ1) is 24.7. The van der Waals surface area contributed by atoms with E-state index in [-0.39, 0.29) is 24.5 Å². The van der Waals surface area contributed by atoms with Crippen molar-refractivity contribution >= 4 is 23.4 Å². The largest absolute Gasteiger partial charge is 0.484 e. The normalized spacial score (nSPS) is 11.9. The molecule has 1 atom stereocenters. The third-order valence-electron chi connectivity index (χ3n) is 5.19. The Morgan fingerprint density at radius 1 is 1.06 bits per heavy atom. The van der Waals surface area contributed by atoms with Crippen molar-refractivity contribution in [3.05, 3.63) is 63.7 Å². The molecule has 0 aliphatic heterocycles. The van der Waals surface area contributed by atoms with Gasteiger partial charge in [-0.05, 0) is 75.4 Å². The number of hydrogen-bond acceptors (Lipinski definition) is 3. The van der Waals surface area contributed by atoms with Gasteiger partial charge in [0.05, 0.1) is 0 Å². The average Bonchev–Trinajstić information content (AvgIpc) is 2.70. The monoisotopic (exact) mass is 444 g/mol. The summed E-state index contributed by atoms with van der Waals surface area (Å²) < 4.78 is 5.81. The highest BCUT2D eigenvalue weighted by atomic mass is 35.5. The number of aryl methyl sites for hydroxylation is 3. The minimum Gasteiger partial charge on any atom is -0.484 e. The number of hydrogen-bond donors (Lipinski definition) is 1. The minimum atomic E-state index is -0.577. The van der Waals surface area contributed by atoms with E-state index in [9.17, 15) is 9.59 Å². The zero-order chi connectivity index (χ0) is 23.1. The van der Waals surface area contributed by atoms with Crippen LogP contribution in [0.1, 0.15) is 49.4 Å². The summed E-state index contributed by atoms with van der Waals surface area (Å²) in [6.07, 6.45) is 0.509. The molecule has 168 valence electrons. The SMILES string of the molecule is CC[C@H](C(=O)NC(C)C)N(Cc1ccccc1C)C(=O)COc1cc(C)c(Cl)c(C)c1. The third-order valence-corrected chi connectivity index (χ3v) is 5.79. The summed E-state index contributed by atoms with van der Waals surface area (Å²) >= 11 is 6.23. The number of carbonyl (C=O) groups excluding carboxylic acids is 2. The lowest BCUT2D eigenvalue weighted by atomic mass is 10.1. The predicted octanol–water partition coefficient (Wildman–Crippen LogP) is 4.98. The fourth-order valence-corrected chi connectivity index (χ4v) is 3.60. The molecule has 0 aliphatic carbocycles. The molecule has 0 aliphatic rings. The molecule has 0 fully saturated rings. The second-order valence-corrected chi connectivity index (χ2v) is 8.57. The molecule has 0 heterocycles. The van der Waals surface area contributed by atoms with E-state index in [2.05, 4.69) is 5.32 Å². The lowest BCUT2D eigenvalue weighted by Gasteiger charge is -2.31. The van der Waals surface area contributed by atoms with Crippen LogP contribution in [0.25, 0.3) is 0 Å². The van der Waals surface area contributed by atoms with Gasteiger partial charge in [-0.2, -0.15) is 0 Å². The molecule has 2 aromatic carbocycles. The number of amides is 2. The molecule has 1 N–H and O–H groups in total. The van der Waals surface area contributed by atoms with Gasteiger partial charge in [0.15, 0.2) is 6.61 Å². The van der Waals surface area contributed by atoms with Gasteiger partial charge < -0.3 is 15.0 Å². The molecule has 0 saturated heterocycles. The number of halogens is 1. The van der Waals surface area contributed by atoms with Crippen LogP contribution in [0.3, 0.4) is 0 Å². The van der Waals surface area contributed by atoms with E-state index in [1.54, 1.807) is 4.90 Å². The van der Waals surface area contributed by atoms with Crippen LogP contribution in [0.4, 0.5) is 0 Å². The van der Waals surface area contributed by atoms with E-state index < -0.39 is 6.04 Å². The first-order chi connectivity index (χ1) is 14.6. The molecule has 5 nitrogen and oxygen atoms in total. The number of benzene rings is 2. The van der Waals surface area contributed by atoms with Gasteiger partial charge in [-0.3, -0.25) is 9.59 Å². The smallest absolute Gasteiger partial charge is 0.261 e. The van der Waals surface area contributed by atoms with E-state index in [4.69, 9.17) is 16.3 Å².